The molecule has 0 aliphatic carbocycles. The van der Waals surface area contributed by atoms with Gasteiger partial charge in [-0.15, -0.1) is 0 Å². The maximum Gasteiger partial charge on any atom is 0.274 e. The van der Waals surface area contributed by atoms with Crippen molar-refractivity contribution in [1.29, 1.82) is 0 Å². The van der Waals surface area contributed by atoms with E-state index in [1.807, 2.05) is 0 Å². The summed E-state index contributed by atoms with van der Waals surface area (Å²) in [7, 11) is 0. The third-order valence-corrected chi connectivity index (χ3v) is 2.63. The van der Waals surface area contributed by atoms with Crippen LogP contribution in [0.2, 0.25) is 5.15 Å². The molecule has 4 nitrogen and oxygen atoms in total. The van der Waals surface area contributed by atoms with Gasteiger partial charge in [-0.1, -0.05) is 11.6 Å². The van der Waals surface area contributed by atoms with E-state index in [0.29, 0.717) is 10.8 Å². The van der Waals surface area contributed by atoms with Gasteiger partial charge in [-0.3, -0.25) is 4.79 Å². The maximum absolute atomic E-state index is 12.7. The molecule has 2 heterocycles. The molecule has 0 saturated heterocycles. The van der Waals surface area contributed by atoms with Gasteiger partial charge in [-0.25, -0.2) is 14.4 Å². The zero-order valence-corrected chi connectivity index (χ0v) is 10.2. The van der Waals surface area contributed by atoms with Crippen molar-refractivity contribution in [2.24, 2.45) is 0 Å². The molecule has 0 bridgehead atoms. The fourth-order valence-electron chi connectivity index (χ4n) is 1.33. The first-order valence-corrected chi connectivity index (χ1v) is 5.49. The summed E-state index contributed by atoms with van der Waals surface area (Å²) in [6.07, 6.45) is 2.43. The first-order valence-electron chi connectivity index (χ1n) is 5.11. The summed E-state index contributed by atoms with van der Waals surface area (Å²) in [5.41, 5.74) is 1.39. The summed E-state index contributed by atoms with van der Waals surface area (Å²) in [4.78, 5) is 19.4. The van der Waals surface area contributed by atoms with Gasteiger partial charge in [-0.2, -0.15) is 0 Å². The number of hydrogen-bond acceptors (Lipinski definition) is 3. The number of anilines is 1. The van der Waals surface area contributed by atoms with E-state index in [9.17, 15) is 9.18 Å². The maximum atomic E-state index is 12.7. The number of rotatable bonds is 2. The standard InChI is InChI=1S/C12H9ClFN3O/c1-7-4-9(6-16-11(7)13)17-12(18)10-3-2-8(14)5-15-10/h2-6H,1H3,(H,17,18). The number of amides is 1. The van der Waals surface area contributed by atoms with Gasteiger partial charge in [0.05, 0.1) is 18.1 Å². The van der Waals surface area contributed by atoms with Gasteiger partial charge in [0.1, 0.15) is 16.7 Å². The van der Waals surface area contributed by atoms with Crippen LogP contribution >= 0.6 is 11.6 Å². The van der Waals surface area contributed by atoms with Crippen LogP contribution in [-0.2, 0) is 0 Å². The Kier molecular flexibility index (Phi) is 3.53. The molecule has 1 amide bonds. The Bertz CT molecular complexity index is 586. The van der Waals surface area contributed by atoms with Gasteiger partial charge in [0.15, 0.2) is 0 Å². The van der Waals surface area contributed by atoms with E-state index < -0.39 is 11.7 Å². The summed E-state index contributed by atoms with van der Waals surface area (Å²) in [6.45, 7) is 1.78. The highest BCUT2D eigenvalue weighted by atomic mass is 35.5. The Morgan fingerprint density at radius 2 is 2.11 bits per heavy atom. The highest BCUT2D eigenvalue weighted by molar-refractivity contribution is 6.30. The van der Waals surface area contributed by atoms with E-state index in [1.54, 1.807) is 13.0 Å². The first kappa shape index (κ1) is 12.4. The summed E-state index contributed by atoms with van der Waals surface area (Å²) in [6, 6.07) is 4.17. The highest BCUT2D eigenvalue weighted by Gasteiger charge is 2.08. The van der Waals surface area contributed by atoms with E-state index in [2.05, 4.69) is 15.3 Å². The van der Waals surface area contributed by atoms with Crippen molar-refractivity contribution in [3.63, 3.8) is 0 Å². The molecule has 0 fully saturated rings. The largest absolute Gasteiger partial charge is 0.319 e. The van der Waals surface area contributed by atoms with Crippen LogP contribution in [-0.4, -0.2) is 15.9 Å². The van der Waals surface area contributed by atoms with Crippen LogP contribution in [0.25, 0.3) is 0 Å². The molecule has 2 aromatic rings. The van der Waals surface area contributed by atoms with Gasteiger partial charge in [0.2, 0.25) is 0 Å². The van der Waals surface area contributed by atoms with Gasteiger partial charge < -0.3 is 5.32 Å². The third kappa shape index (κ3) is 2.81. The van der Waals surface area contributed by atoms with Gasteiger partial charge in [0, 0.05) is 0 Å². The van der Waals surface area contributed by atoms with Gasteiger partial charge in [-0.05, 0) is 30.7 Å². The Labute approximate surface area is 108 Å². The average molecular weight is 266 g/mol. The lowest BCUT2D eigenvalue weighted by Crippen LogP contribution is -2.13. The number of nitrogens with zero attached hydrogens (tertiary/aromatic N) is 2. The van der Waals surface area contributed by atoms with E-state index in [1.165, 1.54) is 18.3 Å². The molecule has 0 aliphatic rings. The van der Waals surface area contributed by atoms with Crippen molar-refractivity contribution in [2.45, 2.75) is 6.92 Å². The Morgan fingerprint density at radius 1 is 1.33 bits per heavy atom. The molecule has 18 heavy (non-hydrogen) atoms. The molecule has 92 valence electrons. The summed E-state index contributed by atoms with van der Waals surface area (Å²) in [5.74, 6) is -0.922. The third-order valence-electron chi connectivity index (χ3n) is 2.23. The minimum Gasteiger partial charge on any atom is -0.319 e. The van der Waals surface area contributed by atoms with Crippen LogP contribution in [0.1, 0.15) is 16.1 Å². The average Bonchev–Trinajstić information content (AvgIpc) is 2.34. The number of hydrogen-bond donors (Lipinski definition) is 1. The van der Waals surface area contributed by atoms with E-state index in [0.717, 1.165) is 11.8 Å². The highest BCUT2D eigenvalue weighted by Crippen LogP contribution is 2.16. The van der Waals surface area contributed by atoms with E-state index in [-0.39, 0.29) is 5.69 Å². The summed E-state index contributed by atoms with van der Waals surface area (Å²) >= 11 is 5.77. The predicted octanol–water partition coefficient (Wildman–Crippen LogP) is 2.83. The van der Waals surface area contributed by atoms with Crippen LogP contribution in [0.15, 0.2) is 30.6 Å². The number of carbonyl (C=O) groups excluding carboxylic acids is 1. The number of aromatic nitrogens is 2. The molecule has 0 unspecified atom stereocenters. The van der Waals surface area contributed by atoms with Crippen molar-refractivity contribution in [1.82, 2.24) is 9.97 Å². The molecular formula is C12H9ClFN3O. The van der Waals surface area contributed by atoms with Crippen LogP contribution in [0.5, 0.6) is 0 Å². The molecule has 0 aliphatic heterocycles. The first-order chi connectivity index (χ1) is 8.56. The van der Waals surface area contributed by atoms with Gasteiger partial charge >= 0.3 is 0 Å². The van der Waals surface area contributed by atoms with E-state index >= 15 is 0 Å². The SMILES string of the molecule is Cc1cc(NC(=O)c2ccc(F)cn2)cnc1Cl. The minimum atomic E-state index is -0.490. The van der Waals surface area contributed by atoms with Crippen LogP contribution < -0.4 is 5.32 Å². The molecule has 0 aromatic carbocycles. The zero-order valence-electron chi connectivity index (χ0n) is 9.45. The molecular weight excluding hydrogens is 257 g/mol. The predicted molar refractivity (Wildman–Crippen MR) is 66.1 cm³/mol. The Morgan fingerprint density at radius 3 is 2.72 bits per heavy atom. The van der Waals surface area contributed by atoms with Gasteiger partial charge in [0.25, 0.3) is 5.91 Å². The monoisotopic (exact) mass is 265 g/mol. The number of carbonyl (C=O) groups is 1. The minimum absolute atomic E-state index is 0.129. The van der Waals surface area contributed by atoms with Crippen molar-refractivity contribution in [2.75, 3.05) is 5.32 Å². The second kappa shape index (κ2) is 5.10. The van der Waals surface area contributed by atoms with Crippen molar-refractivity contribution >= 4 is 23.2 Å². The second-order valence-electron chi connectivity index (χ2n) is 3.65. The number of halogens is 2. The van der Waals surface area contributed by atoms with Crippen molar-refractivity contribution < 1.29 is 9.18 Å². The Balaban J connectivity index is 2.16. The molecule has 0 spiro atoms. The quantitative estimate of drug-likeness (QED) is 0.850. The molecule has 0 saturated carbocycles. The number of pyridine rings is 2. The number of aryl methyl sites for hydroxylation is 1. The fraction of sp³-hybridized carbons (Fsp3) is 0.0833. The summed E-state index contributed by atoms with van der Waals surface area (Å²) < 4.78 is 12.7. The summed E-state index contributed by atoms with van der Waals surface area (Å²) in [5, 5.41) is 2.98. The second-order valence-corrected chi connectivity index (χ2v) is 4.01. The number of nitrogens with one attached hydrogen (secondary N) is 1. The molecule has 2 aromatic heterocycles. The smallest absolute Gasteiger partial charge is 0.274 e. The lowest BCUT2D eigenvalue weighted by molar-refractivity contribution is 0.102. The van der Waals surface area contributed by atoms with Crippen LogP contribution in [0.4, 0.5) is 10.1 Å². The topological polar surface area (TPSA) is 54.9 Å². The normalized spacial score (nSPS) is 10.2. The molecule has 0 atom stereocenters. The lowest BCUT2D eigenvalue weighted by atomic mass is 10.3. The molecule has 1 N–H and O–H groups in total. The molecule has 0 radical (unpaired) electrons. The zero-order chi connectivity index (χ0) is 13.1. The Hall–Kier alpha value is -2.01. The molecule has 6 heteroatoms. The van der Waals surface area contributed by atoms with Crippen LogP contribution in [0.3, 0.4) is 0 Å². The van der Waals surface area contributed by atoms with Crippen molar-refractivity contribution in [3.05, 3.63) is 52.8 Å². The van der Waals surface area contributed by atoms with Crippen LogP contribution in [0, 0.1) is 12.7 Å². The van der Waals surface area contributed by atoms with Crippen molar-refractivity contribution in [3.8, 4) is 0 Å². The van der Waals surface area contributed by atoms with E-state index in [4.69, 9.17) is 11.6 Å². The fourth-order valence-corrected chi connectivity index (χ4v) is 1.44. The lowest BCUT2D eigenvalue weighted by Gasteiger charge is -2.05. The molecule has 2 rings (SSSR count).